The molecule has 0 N–H and O–H groups in total. The van der Waals surface area contributed by atoms with E-state index in [1.807, 2.05) is 12.1 Å². The first kappa shape index (κ1) is 16.7. The van der Waals surface area contributed by atoms with Gasteiger partial charge in [-0.15, -0.1) is 0 Å². The van der Waals surface area contributed by atoms with Gasteiger partial charge in [0.05, 0.1) is 0 Å². The standard InChI is InChI=1S/C22H24BrCl/c23-20-6-7-21(24)19(15-20)14-16-2-4-17(5-3-16)18-8-12-22(13-9-18)10-1-11-22/h2-7,15,18H,1,8-14H2. The Hall–Kier alpha value is -0.790. The molecule has 1 spiro atoms. The first-order valence-corrected chi connectivity index (χ1v) is 10.3. The molecule has 4 rings (SSSR count). The third kappa shape index (κ3) is 3.44. The van der Waals surface area contributed by atoms with Crippen LogP contribution in [0.1, 0.15) is 67.6 Å². The van der Waals surface area contributed by atoms with E-state index < -0.39 is 0 Å². The number of rotatable bonds is 3. The van der Waals surface area contributed by atoms with E-state index in [1.54, 1.807) is 0 Å². The highest BCUT2D eigenvalue weighted by Crippen LogP contribution is 2.54. The number of benzene rings is 2. The average Bonchev–Trinajstić information content (AvgIpc) is 2.58. The molecule has 0 aromatic heterocycles. The van der Waals surface area contributed by atoms with Gasteiger partial charge in [-0.25, -0.2) is 0 Å². The fraction of sp³-hybridized carbons (Fsp3) is 0.455. The molecule has 2 fully saturated rings. The van der Waals surface area contributed by atoms with E-state index >= 15 is 0 Å². The van der Waals surface area contributed by atoms with E-state index in [4.69, 9.17) is 11.6 Å². The minimum absolute atomic E-state index is 0.758. The van der Waals surface area contributed by atoms with E-state index in [-0.39, 0.29) is 0 Å². The number of halogens is 2. The molecule has 0 saturated heterocycles. The van der Waals surface area contributed by atoms with Crippen molar-refractivity contribution in [1.29, 1.82) is 0 Å². The molecule has 0 atom stereocenters. The maximum atomic E-state index is 6.32. The molecule has 0 radical (unpaired) electrons. The summed E-state index contributed by atoms with van der Waals surface area (Å²) in [5.41, 5.74) is 4.81. The normalized spacial score (nSPS) is 20.1. The molecule has 2 aromatic carbocycles. The lowest BCUT2D eigenvalue weighted by Gasteiger charge is -2.47. The molecule has 0 bridgehead atoms. The fourth-order valence-electron chi connectivity index (χ4n) is 4.55. The topological polar surface area (TPSA) is 0 Å². The predicted molar refractivity (Wildman–Crippen MR) is 106 cm³/mol. The number of hydrogen-bond donors (Lipinski definition) is 0. The van der Waals surface area contributed by atoms with Gasteiger partial charge in [-0.2, -0.15) is 0 Å². The summed E-state index contributed by atoms with van der Waals surface area (Å²) in [6.45, 7) is 0. The molecular formula is C22H24BrCl. The highest BCUT2D eigenvalue weighted by atomic mass is 79.9. The van der Waals surface area contributed by atoms with Crippen molar-refractivity contribution in [1.82, 2.24) is 0 Å². The Bertz CT molecular complexity index is 705. The molecule has 0 aliphatic heterocycles. The third-order valence-corrected chi connectivity index (χ3v) is 7.18. The average molecular weight is 404 g/mol. The Balaban J connectivity index is 1.42. The third-order valence-electron chi connectivity index (χ3n) is 6.31. The monoisotopic (exact) mass is 402 g/mol. The van der Waals surface area contributed by atoms with Crippen molar-refractivity contribution in [2.45, 2.75) is 57.3 Å². The van der Waals surface area contributed by atoms with Gasteiger partial charge in [0.2, 0.25) is 0 Å². The van der Waals surface area contributed by atoms with Crippen molar-refractivity contribution in [2.24, 2.45) is 5.41 Å². The summed E-state index contributed by atoms with van der Waals surface area (Å²) in [5.74, 6) is 0.778. The zero-order chi connectivity index (χ0) is 16.6. The van der Waals surface area contributed by atoms with E-state index in [9.17, 15) is 0 Å². The van der Waals surface area contributed by atoms with Gasteiger partial charge >= 0.3 is 0 Å². The summed E-state index contributed by atoms with van der Waals surface area (Å²) in [4.78, 5) is 0. The highest BCUT2D eigenvalue weighted by molar-refractivity contribution is 9.10. The van der Waals surface area contributed by atoms with Gasteiger partial charge in [0.25, 0.3) is 0 Å². The predicted octanol–water partition coefficient (Wildman–Crippen LogP) is 7.52. The maximum absolute atomic E-state index is 6.32. The van der Waals surface area contributed by atoms with Crippen LogP contribution in [0.4, 0.5) is 0 Å². The highest BCUT2D eigenvalue weighted by Gasteiger charge is 2.40. The zero-order valence-corrected chi connectivity index (χ0v) is 16.4. The zero-order valence-electron chi connectivity index (χ0n) is 14.0. The molecular weight excluding hydrogens is 380 g/mol. The molecule has 2 saturated carbocycles. The Morgan fingerprint density at radius 3 is 2.29 bits per heavy atom. The Kier molecular flexibility index (Phi) is 4.75. The minimum Gasteiger partial charge on any atom is -0.0840 e. The quantitative estimate of drug-likeness (QED) is 0.497. The molecule has 2 aromatic rings. The van der Waals surface area contributed by atoms with Gasteiger partial charge in [0.15, 0.2) is 0 Å². The van der Waals surface area contributed by atoms with Crippen LogP contribution in [-0.2, 0) is 6.42 Å². The van der Waals surface area contributed by atoms with Crippen molar-refractivity contribution in [3.05, 3.63) is 68.7 Å². The largest absolute Gasteiger partial charge is 0.0840 e. The lowest BCUT2D eigenvalue weighted by atomic mass is 9.58. The van der Waals surface area contributed by atoms with Crippen LogP contribution in [0.2, 0.25) is 5.02 Å². The Morgan fingerprint density at radius 2 is 1.67 bits per heavy atom. The summed E-state index contributed by atoms with van der Waals surface area (Å²) in [6.07, 6.45) is 11.0. The second-order valence-electron chi connectivity index (χ2n) is 7.78. The van der Waals surface area contributed by atoms with Crippen LogP contribution < -0.4 is 0 Å². The summed E-state index contributed by atoms with van der Waals surface area (Å²) in [6, 6.07) is 15.4. The van der Waals surface area contributed by atoms with Crippen LogP contribution in [0.15, 0.2) is 46.9 Å². The van der Waals surface area contributed by atoms with E-state index in [1.165, 1.54) is 61.6 Å². The summed E-state index contributed by atoms with van der Waals surface area (Å²) in [7, 11) is 0. The summed E-state index contributed by atoms with van der Waals surface area (Å²) >= 11 is 9.86. The van der Waals surface area contributed by atoms with Crippen LogP contribution >= 0.6 is 27.5 Å². The molecule has 2 aliphatic carbocycles. The van der Waals surface area contributed by atoms with Crippen molar-refractivity contribution in [2.75, 3.05) is 0 Å². The fourth-order valence-corrected chi connectivity index (χ4v) is 5.14. The summed E-state index contributed by atoms with van der Waals surface area (Å²) < 4.78 is 1.09. The van der Waals surface area contributed by atoms with Crippen LogP contribution in [-0.4, -0.2) is 0 Å². The molecule has 2 aliphatic rings. The molecule has 0 nitrogen and oxygen atoms in total. The van der Waals surface area contributed by atoms with Crippen molar-refractivity contribution < 1.29 is 0 Å². The first-order chi connectivity index (χ1) is 11.6. The van der Waals surface area contributed by atoms with Crippen molar-refractivity contribution >= 4 is 27.5 Å². The van der Waals surface area contributed by atoms with Crippen LogP contribution in [0.3, 0.4) is 0 Å². The molecule has 2 heteroatoms. The van der Waals surface area contributed by atoms with E-state index in [2.05, 4.69) is 46.3 Å². The maximum Gasteiger partial charge on any atom is 0.0442 e. The second-order valence-corrected chi connectivity index (χ2v) is 9.10. The summed E-state index contributed by atoms with van der Waals surface area (Å²) in [5, 5.41) is 0.848. The molecule has 0 amide bonds. The Morgan fingerprint density at radius 1 is 0.958 bits per heavy atom. The van der Waals surface area contributed by atoms with Gasteiger partial charge in [-0.3, -0.25) is 0 Å². The Labute approximate surface area is 158 Å². The van der Waals surface area contributed by atoms with E-state index in [0.717, 1.165) is 27.2 Å². The lowest BCUT2D eigenvalue weighted by Crippen LogP contribution is -2.33. The van der Waals surface area contributed by atoms with Gasteiger partial charge in [-0.05, 0) is 91.2 Å². The first-order valence-electron chi connectivity index (χ1n) is 9.16. The molecule has 0 heterocycles. The van der Waals surface area contributed by atoms with Gasteiger partial charge in [0.1, 0.15) is 0 Å². The van der Waals surface area contributed by atoms with Gasteiger partial charge < -0.3 is 0 Å². The van der Waals surface area contributed by atoms with Gasteiger partial charge in [-0.1, -0.05) is 58.2 Å². The second kappa shape index (κ2) is 6.84. The lowest BCUT2D eigenvalue weighted by molar-refractivity contribution is 0.0693. The van der Waals surface area contributed by atoms with Crippen molar-refractivity contribution in [3.63, 3.8) is 0 Å². The molecule has 126 valence electrons. The minimum atomic E-state index is 0.758. The number of hydrogen-bond acceptors (Lipinski definition) is 0. The smallest absolute Gasteiger partial charge is 0.0442 e. The van der Waals surface area contributed by atoms with E-state index in [0.29, 0.717) is 0 Å². The van der Waals surface area contributed by atoms with Crippen LogP contribution in [0, 0.1) is 5.41 Å². The molecule has 0 unspecified atom stereocenters. The SMILES string of the molecule is Clc1ccc(Br)cc1Cc1ccc(C2CCC3(CCC3)CC2)cc1. The molecule has 24 heavy (non-hydrogen) atoms. The van der Waals surface area contributed by atoms with Crippen LogP contribution in [0.5, 0.6) is 0 Å². The van der Waals surface area contributed by atoms with Gasteiger partial charge in [0, 0.05) is 9.50 Å². The van der Waals surface area contributed by atoms with Crippen molar-refractivity contribution in [3.8, 4) is 0 Å². The van der Waals surface area contributed by atoms with Crippen LogP contribution in [0.25, 0.3) is 0 Å².